The molecule has 0 spiro atoms. The zero-order chi connectivity index (χ0) is 11.3. The number of hydrogen-bond donors (Lipinski definition) is 0. The molecule has 0 amide bonds. The van der Waals surface area contributed by atoms with Gasteiger partial charge < -0.3 is 0 Å². The third-order valence-corrected chi connectivity index (χ3v) is 2.27. The number of methoxy groups -OCH3 is 1. The molecule has 0 unspecified atom stereocenters. The van der Waals surface area contributed by atoms with Gasteiger partial charge in [-0.05, 0) is 0 Å². The van der Waals surface area contributed by atoms with Gasteiger partial charge in [0, 0.05) is 0 Å². The van der Waals surface area contributed by atoms with Gasteiger partial charge in [0.25, 0.3) is 0 Å². The van der Waals surface area contributed by atoms with E-state index in [0.717, 1.165) is 5.57 Å². The van der Waals surface area contributed by atoms with E-state index in [0.29, 0.717) is 17.8 Å². The zero-order valence-electron chi connectivity index (χ0n) is 9.12. The monoisotopic (exact) mass is 246 g/mol. The second-order valence-corrected chi connectivity index (χ2v) is 4.05. The Kier molecular flexibility index (Phi) is 4.73. The Labute approximate surface area is 98.4 Å². The Hall–Kier alpha value is -0.418. The molecule has 0 aliphatic carbocycles. The summed E-state index contributed by atoms with van der Waals surface area (Å²) in [7, 11) is 1.57. The summed E-state index contributed by atoms with van der Waals surface area (Å²) in [6.07, 6.45) is 1.92. The van der Waals surface area contributed by atoms with E-state index >= 15 is 0 Å². The van der Waals surface area contributed by atoms with E-state index < -0.39 is 5.79 Å². The minimum absolute atomic E-state index is 0.469. The van der Waals surface area contributed by atoms with Crippen LogP contribution in [-0.4, -0.2) is 30.7 Å². The van der Waals surface area contributed by atoms with E-state index in [1.165, 1.54) is 0 Å². The van der Waals surface area contributed by atoms with Gasteiger partial charge in [0.15, 0.2) is 0 Å². The summed E-state index contributed by atoms with van der Waals surface area (Å²) < 4.78 is 16.4. The first-order valence-corrected chi connectivity index (χ1v) is 5.24. The standard InChI is InChI=1S/C11H14O3.Cr/c1-11(2)13-8-6-10(9-14-11)5-4-7-12-3;/h6H,8-9H2,1-3H3;. The molecule has 4 heteroatoms. The van der Waals surface area contributed by atoms with Gasteiger partial charge in [-0.1, -0.05) is 0 Å². The SMILES string of the molecule is CO[C](=[Cr])C#CC1=CCOC(C)(C)OC1. The van der Waals surface area contributed by atoms with Crippen LogP contribution >= 0.6 is 0 Å². The number of ether oxygens (including phenoxy) is 3. The maximum absolute atomic E-state index is 5.52. The van der Waals surface area contributed by atoms with Crippen LogP contribution in [-0.2, 0) is 30.1 Å². The molecule has 82 valence electrons. The van der Waals surface area contributed by atoms with E-state index in [1.54, 1.807) is 7.11 Å². The van der Waals surface area contributed by atoms with E-state index in [9.17, 15) is 0 Å². The summed E-state index contributed by atoms with van der Waals surface area (Å²) >= 11 is 2.72. The molecule has 0 fully saturated rings. The second kappa shape index (κ2) is 5.61. The predicted octanol–water partition coefficient (Wildman–Crippen LogP) is 1.02. The Morgan fingerprint density at radius 3 is 2.93 bits per heavy atom. The summed E-state index contributed by atoms with van der Waals surface area (Å²) in [5.74, 6) is 5.27. The Bertz CT molecular complexity index is 333. The molecule has 0 bridgehead atoms. The number of hydrogen-bond acceptors (Lipinski definition) is 3. The molecule has 1 aliphatic heterocycles. The van der Waals surface area contributed by atoms with Crippen LogP contribution < -0.4 is 0 Å². The summed E-state index contributed by atoms with van der Waals surface area (Å²) in [5.41, 5.74) is 0.908. The van der Waals surface area contributed by atoms with E-state index in [-0.39, 0.29) is 0 Å². The van der Waals surface area contributed by atoms with Crippen LogP contribution in [0, 0.1) is 11.8 Å². The van der Waals surface area contributed by atoms with Gasteiger partial charge in [0.2, 0.25) is 0 Å². The van der Waals surface area contributed by atoms with Gasteiger partial charge in [-0.25, -0.2) is 0 Å². The fourth-order valence-electron chi connectivity index (χ4n) is 0.965. The molecule has 0 aromatic heterocycles. The summed E-state index contributed by atoms with van der Waals surface area (Å²) in [4.78, 5) is 0. The number of rotatable bonds is 1. The normalized spacial score (nSPS) is 19.5. The van der Waals surface area contributed by atoms with Crippen molar-refractivity contribution in [2.24, 2.45) is 0 Å². The first-order valence-electron chi connectivity index (χ1n) is 4.60. The summed E-state index contributed by atoms with van der Waals surface area (Å²) in [5, 5.41) is 0. The third kappa shape index (κ3) is 4.75. The summed E-state index contributed by atoms with van der Waals surface area (Å²) in [6.45, 7) is 4.76. The first-order chi connectivity index (χ1) is 7.03. The van der Waals surface area contributed by atoms with Gasteiger partial charge in [-0.2, -0.15) is 0 Å². The van der Waals surface area contributed by atoms with Crippen molar-refractivity contribution in [1.29, 1.82) is 0 Å². The van der Waals surface area contributed by atoms with Crippen LogP contribution in [0.25, 0.3) is 0 Å². The molecule has 0 saturated heterocycles. The van der Waals surface area contributed by atoms with Crippen LogP contribution in [0.2, 0.25) is 0 Å². The van der Waals surface area contributed by atoms with Crippen LogP contribution in [0.3, 0.4) is 0 Å². The molecule has 0 saturated carbocycles. The van der Waals surface area contributed by atoms with Gasteiger partial charge in [0.05, 0.1) is 0 Å². The van der Waals surface area contributed by atoms with Gasteiger partial charge in [-0.15, -0.1) is 0 Å². The van der Waals surface area contributed by atoms with Crippen molar-refractivity contribution in [3.63, 3.8) is 0 Å². The molecule has 0 atom stereocenters. The Morgan fingerprint density at radius 1 is 1.53 bits per heavy atom. The molecule has 0 N–H and O–H groups in total. The minimum atomic E-state index is -0.536. The molecule has 15 heavy (non-hydrogen) atoms. The molecule has 0 radical (unpaired) electrons. The van der Waals surface area contributed by atoms with Crippen molar-refractivity contribution >= 4 is 4.57 Å². The van der Waals surface area contributed by atoms with E-state index in [1.807, 2.05) is 19.9 Å². The quantitative estimate of drug-likeness (QED) is 0.647. The van der Waals surface area contributed by atoms with Crippen LogP contribution in [0.5, 0.6) is 0 Å². The van der Waals surface area contributed by atoms with Crippen molar-refractivity contribution in [3.05, 3.63) is 11.6 Å². The second-order valence-electron chi connectivity index (χ2n) is 3.47. The first kappa shape index (κ1) is 12.7. The maximum atomic E-state index is 5.52. The average molecular weight is 246 g/mol. The van der Waals surface area contributed by atoms with Crippen molar-refractivity contribution < 1.29 is 30.1 Å². The third-order valence-electron chi connectivity index (χ3n) is 1.85. The van der Waals surface area contributed by atoms with Gasteiger partial charge >= 0.3 is 98.1 Å². The van der Waals surface area contributed by atoms with Gasteiger partial charge in [0.1, 0.15) is 0 Å². The fourth-order valence-corrected chi connectivity index (χ4v) is 1.04. The molecule has 1 heterocycles. The molecule has 1 rings (SSSR count). The van der Waals surface area contributed by atoms with Crippen molar-refractivity contribution in [3.8, 4) is 11.8 Å². The van der Waals surface area contributed by atoms with E-state index in [4.69, 9.17) is 14.2 Å². The molecular formula is C11H14CrO3. The van der Waals surface area contributed by atoms with Crippen LogP contribution in [0.1, 0.15) is 13.8 Å². The van der Waals surface area contributed by atoms with Crippen molar-refractivity contribution in [2.45, 2.75) is 19.6 Å². The predicted molar refractivity (Wildman–Crippen MR) is 53.9 cm³/mol. The Balaban J connectivity index is 2.60. The zero-order valence-corrected chi connectivity index (χ0v) is 10.4. The van der Waals surface area contributed by atoms with Crippen LogP contribution in [0.15, 0.2) is 11.6 Å². The molecule has 0 aromatic rings. The van der Waals surface area contributed by atoms with Crippen molar-refractivity contribution in [1.82, 2.24) is 0 Å². The fraction of sp³-hybridized carbons (Fsp3) is 0.545. The topological polar surface area (TPSA) is 27.7 Å². The molecule has 0 aromatic carbocycles. The van der Waals surface area contributed by atoms with Crippen LogP contribution in [0.4, 0.5) is 0 Å². The molecule has 1 aliphatic rings. The average Bonchev–Trinajstić information content (AvgIpc) is 2.36. The summed E-state index contributed by atoms with van der Waals surface area (Å²) in [6, 6.07) is 0. The van der Waals surface area contributed by atoms with Gasteiger partial charge in [-0.3, -0.25) is 0 Å². The van der Waals surface area contributed by atoms with E-state index in [2.05, 4.69) is 27.7 Å². The Morgan fingerprint density at radius 2 is 2.27 bits per heavy atom. The van der Waals surface area contributed by atoms with Crippen molar-refractivity contribution in [2.75, 3.05) is 20.3 Å². The molecular weight excluding hydrogens is 232 g/mol. The molecule has 3 nitrogen and oxygen atoms in total.